The molecular formula is C13H16N2O5. The largest absolute Gasteiger partial charge is 0.480 e. The Morgan fingerprint density at radius 1 is 1.40 bits per heavy atom. The van der Waals surface area contributed by atoms with Crippen LogP contribution in [0.3, 0.4) is 0 Å². The standard InChI is InChI=1S/C13H16N2O5/c1-2-3-7-10(13(17)18)14-12(16)9-6-4-5-8-11(9)15(19)20/h4-6,8,10H,2-3,7H2,1H3,(H,14,16)(H,17,18)/t10-/m0/s1. The average Bonchev–Trinajstić information content (AvgIpc) is 2.42. The van der Waals surface area contributed by atoms with Gasteiger partial charge in [0.25, 0.3) is 11.6 Å². The summed E-state index contributed by atoms with van der Waals surface area (Å²) in [6.07, 6.45) is 1.73. The Kier molecular flexibility index (Phi) is 5.64. The molecule has 0 aliphatic heterocycles. The molecule has 0 aliphatic rings. The fourth-order valence-electron chi connectivity index (χ4n) is 1.73. The Bertz CT molecular complexity index is 515. The molecule has 1 rings (SSSR count). The second-order valence-electron chi connectivity index (χ2n) is 4.28. The summed E-state index contributed by atoms with van der Waals surface area (Å²) >= 11 is 0. The van der Waals surface area contributed by atoms with Crippen LogP contribution in [0.4, 0.5) is 5.69 Å². The third-order valence-electron chi connectivity index (χ3n) is 2.80. The van der Waals surface area contributed by atoms with Crippen molar-refractivity contribution in [1.29, 1.82) is 0 Å². The van der Waals surface area contributed by atoms with Gasteiger partial charge in [-0.25, -0.2) is 4.79 Å². The first-order chi connectivity index (χ1) is 9.47. The number of carbonyl (C=O) groups is 2. The number of hydrogen-bond acceptors (Lipinski definition) is 4. The molecule has 0 spiro atoms. The number of nitro groups is 1. The average molecular weight is 280 g/mol. The summed E-state index contributed by atoms with van der Waals surface area (Å²) in [7, 11) is 0. The number of amides is 1. The van der Waals surface area contributed by atoms with Crippen molar-refractivity contribution in [3.8, 4) is 0 Å². The van der Waals surface area contributed by atoms with Gasteiger partial charge in [-0.2, -0.15) is 0 Å². The van der Waals surface area contributed by atoms with E-state index >= 15 is 0 Å². The Hall–Kier alpha value is -2.44. The van der Waals surface area contributed by atoms with Crippen LogP contribution in [0.5, 0.6) is 0 Å². The number of aliphatic carboxylic acids is 1. The van der Waals surface area contributed by atoms with Gasteiger partial charge in [0.1, 0.15) is 11.6 Å². The molecule has 0 heterocycles. The minimum absolute atomic E-state index is 0.139. The van der Waals surface area contributed by atoms with Crippen molar-refractivity contribution < 1.29 is 19.6 Å². The lowest BCUT2D eigenvalue weighted by Gasteiger charge is -2.14. The third-order valence-corrected chi connectivity index (χ3v) is 2.80. The van der Waals surface area contributed by atoms with Crippen molar-refractivity contribution in [3.05, 3.63) is 39.9 Å². The summed E-state index contributed by atoms with van der Waals surface area (Å²) < 4.78 is 0. The van der Waals surface area contributed by atoms with Gasteiger partial charge < -0.3 is 10.4 Å². The molecule has 0 saturated carbocycles. The molecule has 0 bridgehead atoms. The zero-order chi connectivity index (χ0) is 15.1. The highest BCUT2D eigenvalue weighted by Gasteiger charge is 2.24. The highest BCUT2D eigenvalue weighted by Crippen LogP contribution is 2.17. The number of nitrogens with zero attached hydrogens (tertiary/aromatic N) is 1. The van der Waals surface area contributed by atoms with Crippen LogP contribution in [-0.2, 0) is 4.79 Å². The fraction of sp³-hybridized carbons (Fsp3) is 0.385. The van der Waals surface area contributed by atoms with Crippen LogP contribution in [0.2, 0.25) is 0 Å². The first-order valence-electron chi connectivity index (χ1n) is 6.24. The van der Waals surface area contributed by atoms with Crippen LogP contribution in [0, 0.1) is 10.1 Å². The highest BCUT2D eigenvalue weighted by molar-refractivity contribution is 5.99. The zero-order valence-electron chi connectivity index (χ0n) is 11.0. The summed E-state index contributed by atoms with van der Waals surface area (Å²) in [4.78, 5) is 33.2. The quantitative estimate of drug-likeness (QED) is 0.586. The van der Waals surface area contributed by atoms with E-state index < -0.39 is 22.8 Å². The number of nitro benzene ring substituents is 1. The monoisotopic (exact) mass is 280 g/mol. The third kappa shape index (κ3) is 4.04. The van der Waals surface area contributed by atoms with Crippen LogP contribution < -0.4 is 5.32 Å². The molecule has 2 N–H and O–H groups in total. The van der Waals surface area contributed by atoms with Crippen molar-refractivity contribution >= 4 is 17.6 Å². The van der Waals surface area contributed by atoms with E-state index in [-0.39, 0.29) is 17.7 Å². The maximum Gasteiger partial charge on any atom is 0.326 e. The predicted molar refractivity (Wildman–Crippen MR) is 71.5 cm³/mol. The normalized spacial score (nSPS) is 11.7. The summed E-state index contributed by atoms with van der Waals surface area (Å²) in [5.41, 5.74) is -0.482. The summed E-state index contributed by atoms with van der Waals surface area (Å²) in [6, 6.07) is 4.40. The molecule has 1 aromatic rings. The minimum Gasteiger partial charge on any atom is -0.480 e. The van der Waals surface area contributed by atoms with Crippen LogP contribution in [0.15, 0.2) is 24.3 Å². The molecule has 108 valence electrons. The Balaban J connectivity index is 2.89. The number of unbranched alkanes of at least 4 members (excludes halogenated alkanes) is 1. The van der Waals surface area contributed by atoms with Crippen molar-refractivity contribution in [2.75, 3.05) is 0 Å². The van der Waals surface area contributed by atoms with E-state index in [9.17, 15) is 19.7 Å². The number of para-hydroxylation sites is 1. The first kappa shape index (κ1) is 15.6. The maximum atomic E-state index is 12.0. The van der Waals surface area contributed by atoms with Crippen LogP contribution in [-0.4, -0.2) is 27.9 Å². The zero-order valence-corrected chi connectivity index (χ0v) is 11.0. The van der Waals surface area contributed by atoms with Gasteiger partial charge in [-0.1, -0.05) is 31.9 Å². The van der Waals surface area contributed by atoms with Gasteiger partial charge in [0.05, 0.1) is 4.92 Å². The number of carboxylic acid groups (broad SMARTS) is 1. The molecule has 0 unspecified atom stereocenters. The molecule has 20 heavy (non-hydrogen) atoms. The van der Waals surface area contributed by atoms with Crippen molar-refractivity contribution in [2.45, 2.75) is 32.2 Å². The van der Waals surface area contributed by atoms with E-state index in [1.807, 2.05) is 6.92 Å². The molecule has 0 radical (unpaired) electrons. The van der Waals surface area contributed by atoms with Gasteiger partial charge in [-0.3, -0.25) is 14.9 Å². The van der Waals surface area contributed by atoms with E-state index in [0.717, 1.165) is 6.42 Å². The molecule has 1 aromatic carbocycles. The maximum absolute atomic E-state index is 12.0. The second kappa shape index (κ2) is 7.22. The Morgan fingerprint density at radius 2 is 2.05 bits per heavy atom. The van der Waals surface area contributed by atoms with E-state index in [0.29, 0.717) is 6.42 Å². The topological polar surface area (TPSA) is 110 Å². The number of hydrogen-bond donors (Lipinski definition) is 2. The van der Waals surface area contributed by atoms with Gasteiger partial charge in [0.15, 0.2) is 0 Å². The Morgan fingerprint density at radius 3 is 2.60 bits per heavy atom. The molecule has 0 saturated heterocycles. The molecule has 7 nitrogen and oxygen atoms in total. The lowest BCUT2D eigenvalue weighted by molar-refractivity contribution is -0.385. The van der Waals surface area contributed by atoms with Crippen molar-refractivity contribution in [3.63, 3.8) is 0 Å². The van der Waals surface area contributed by atoms with Gasteiger partial charge in [0.2, 0.25) is 0 Å². The first-order valence-corrected chi connectivity index (χ1v) is 6.24. The molecule has 0 aliphatic carbocycles. The van der Waals surface area contributed by atoms with Gasteiger partial charge in [-0.15, -0.1) is 0 Å². The van der Waals surface area contributed by atoms with Crippen LogP contribution >= 0.6 is 0 Å². The second-order valence-corrected chi connectivity index (χ2v) is 4.28. The molecule has 0 fully saturated rings. The fourth-order valence-corrected chi connectivity index (χ4v) is 1.73. The highest BCUT2D eigenvalue weighted by atomic mass is 16.6. The van der Waals surface area contributed by atoms with Crippen LogP contribution in [0.25, 0.3) is 0 Å². The molecule has 1 amide bonds. The Labute approximate surface area is 115 Å². The number of carbonyl (C=O) groups excluding carboxylic acids is 1. The summed E-state index contributed by atoms with van der Waals surface area (Å²) in [5.74, 6) is -1.90. The van der Waals surface area contributed by atoms with Gasteiger partial charge in [0, 0.05) is 6.07 Å². The van der Waals surface area contributed by atoms with Crippen LogP contribution in [0.1, 0.15) is 36.5 Å². The van der Waals surface area contributed by atoms with Crippen molar-refractivity contribution in [1.82, 2.24) is 5.32 Å². The predicted octanol–water partition coefficient (Wildman–Crippen LogP) is 1.97. The van der Waals surface area contributed by atoms with Gasteiger partial charge in [-0.05, 0) is 12.5 Å². The smallest absolute Gasteiger partial charge is 0.326 e. The molecule has 7 heteroatoms. The van der Waals surface area contributed by atoms with E-state index in [1.165, 1.54) is 24.3 Å². The molecular weight excluding hydrogens is 264 g/mol. The molecule has 0 aromatic heterocycles. The summed E-state index contributed by atoms with van der Waals surface area (Å²) in [5, 5.41) is 22.2. The minimum atomic E-state index is -1.15. The van der Waals surface area contributed by atoms with E-state index in [4.69, 9.17) is 5.11 Å². The SMILES string of the molecule is CCCC[C@H](NC(=O)c1ccccc1[N+](=O)[O-])C(=O)O. The van der Waals surface area contributed by atoms with Gasteiger partial charge >= 0.3 is 5.97 Å². The van der Waals surface area contributed by atoms with E-state index in [2.05, 4.69) is 5.32 Å². The molecule has 1 atom stereocenters. The number of carboxylic acids is 1. The lowest BCUT2D eigenvalue weighted by Crippen LogP contribution is -2.40. The van der Waals surface area contributed by atoms with Crippen molar-refractivity contribution in [2.24, 2.45) is 0 Å². The number of nitrogens with one attached hydrogen (secondary N) is 1. The lowest BCUT2D eigenvalue weighted by atomic mass is 10.1. The number of rotatable bonds is 7. The summed E-state index contributed by atoms with van der Waals surface area (Å²) in [6.45, 7) is 1.91. The van der Waals surface area contributed by atoms with E-state index in [1.54, 1.807) is 0 Å². The number of benzene rings is 1.